The van der Waals surface area contributed by atoms with Crippen LogP contribution in [-0.4, -0.2) is 27.8 Å². The SMILES string of the molecule is C=CCOc1ccc(-c2nonc2NC(=O)c2nc(C)sc2-c2ccccc2)cc1C. The third-order valence-corrected chi connectivity index (χ3v) is 5.53. The largest absolute Gasteiger partial charge is 0.489 e. The normalized spacial score (nSPS) is 10.6. The molecule has 2 aromatic carbocycles. The Balaban J connectivity index is 1.61. The molecule has 0 spiro atoms. The van der Waals surface area contributed by atoms with E-state index in [0.717, 1.165) is 32.3 Å². The van der Waals surface area contributed by atoms with Gasteiger partial charge in [-0.25, -0.2) is 9.61 Å². The van der Waals surface area contributed by atoms with Crippen LogP contribution in [0.15, 0.2) is 65.8 Å². The Bertz CT molecular complexity index is 1230. The molecule has 8 heteroatoms. The zero-order valence-corrected chi connectivity index (χ0v) is 17.9. The Hall–Kier alpha value is -3.78. The van der Waals surface area contributed by atoms with Crippen LogP contribution in [0.25, 0.3) is 21.7 Å². The van der Waals surface area contributed by atoms with Crippen LogP contribution < -0.4 is 10.1 Å². The number of aromatic nitrogens is 3. The van der Waals surface area contributed by atoms with Gasteiger partial charge in [-0.3, -0.25) is 4.79 Å². The van der Waals surface area contributed by atoms with Crippen molar-refractivity contribution in [2.45, 2.75) is 13.8 Å². The summed E-state index contributed by atoms with van der Waals surface area (Å²) in [5.41, 5.74) is 3.37. The van der Waals surface area contributed by atoms with Crippen LogP contribution in [0.4, 0.5) is 5.82 Å². The molecule has 0 unspecified atom stereocenters. The number of hydrogen-bond acceptors (Lipinski definition) is 7. The van der Waals surface area contributed by atoms with Crippen LogP contribution in [0.3, 0.4) is 0 Å². The Morgan fingerprint density at radius 3 is 2.71 bits per heavy atom. The first-order valence-electron chi connectivity index (χ1n) is 9.58. The number of hydrogen-bond donors (Lipinski definition) is 1. The van der Waals surface area contributed by atoms with E-state index >= 15 is 0 Å². The fraction of sp³-hybridized carbons (Fsp3) is 0.130. The Kier molecular flexibility index (Phi) is 5.90. The van der Waals surface area contributed by atoms with Crippen molar-refractivity contribution in [3.8, 4) is 27.4 Å². The molecule has 0 aliphatic heterocycles. The quantitative estimate of drug-likeness (QED) is 0.399. The zero-order chi connectivity index (χ0) is 21.8. The van der Waals surface area contributed by atoms with Gasteiger partial charge in [-0.05, 0) is 53.5 Å². The van der Waals surface area contributed by atoms with Crippen molar-refractivity contribution < 1.29 is 14.2 Å². The van der Waals surface area contributed by atoms with Gasteiger partial charge >= 0.3 is 0 Å². The second-order valence-corrected chi connectivity index (χ2v) is 7.98. The summed E-state index contributed by atoms with van der Waals surface area (Å²) in [5.74, 6) is 0.604. The predicted octanol–water partition coefficient (Wildman–Crippen LogP) is 5.29. The average Bonchev–Trinajstić information content (AvgIpc) is 3.40. The van der Waals surface area contributed by atoms with Gasteiger partial charge in [0.05, 0.1) is 9.88 Å². The lowest BCUT2D eigenvalue weighted by molar-refractivity contribution is 0.102. The molecule has 156 valence electrons. The van der Waals surface area contributed by atoms with Crippen molar-refractivity contribution in [2.24, 2.45) is 0 Å². The highest BCUT2D eigenvalue weighted by molar-refractivity contribution is 7.15. The highest BCUT2D eigenvalue weighted by Gasteiger charge is 2.22. The van der Waals surface area contributed by atoms with E-state index in [4.69, 9.17) is 9.37 Å². The Morgan fingerprint density at radius 1 is 1.16 bits per heavy atom. The second kappa shape index (κ2) is 8.93. The van der Waals surface area contributed by atoms with E-state index in [1.54, 1.807) is 6.08 Å². The summed E-state index contributed by atoms with van der Waals surface area (Å²) in [5, 5.41) is 11.4. The van der Waals surface area contributed by atoms with E-state index in [0.29, 0.717) is 18.0 Å². The number of ether oxygens (including phenoxy) is 1. The molecule has 2 aromatic heterocycles. The van der Waals surface area contributed by atoms with Crippen molar-refractivity contribution in [1.82, 2.24) is 15.3 Å². The van der Waals surface area contributed by atoms with Gasteiger partial charge in [0, 0.05) is 5.56 Å². The lowest BCUT2D eigenvalue weighted by atomic mass is 10.1. The van der Waals surface area contributed by atoms with Gasteiger partial charge in [-0.2, -0.15) is 0 Å². The van der Waals surface area contributed by atoms with Gasteiger partial charge in [0.15, 0.2) is 5.69 Å². The molecule has 4 rings (SSSR count). The van der Waals surface area contributed by atoms with Crippen LogP contribution in [-0.2, 0) is 0 Å². The number of carbonyl (C=O) groups is 1. The topological polar surface area (TPSA) is 90.1 Å². The molecular weight excluding hydrogens is 412 g/mol. The molecule has 7 nitrogen and oxygen atoms in total. The summed E-state index contributed by atoms with van der Waals surface area (Å²) in [6.07, 6.45) is 1.69. The highest BCUT2D eigenvalue weighted by Crippen LogP contribution is 2.32. The van der Waals surface area contributed by atoms with Crippen molar-refractivity contribution in [3.05, 3.63) is 77.5 Å². The van der Waals surface area contributed by atoms with E-state index in [9.17, 15) is 4.79 Å². The Morgan fingerprint density at radius 2 is 1.97 bits per heavy atom. The van der Waals surface area contributed by atoms with Crippen LogP contribution in [0.1, 0.15) is 21.1 Å². The number of rotatable bonds is 7. The molecule has 0 saturated heterocycles. The number of carbonyl (C=O) groups excluding carboxylic acids is 1. The number of thiazole rings is 1. The molecule has 0 atom stereocenters. The van der Waals surface area contributed by atoms with Crippen molar-refractivity contribution in [1.29, 1.82) is 0 Å². The number of anilines is 1. The maximum Gasteiger partial charge on any atom is 0.277 e. The maximum absolute atomic E-state index is 13.0. The van der Waals surface area contributed by atoms with Gasteiger partial charge in [0.25, 0.3) is 5.91 Å². The van der Waals surface area contributed by atoms with Crippen LogP contribution in [0, 0.1) is 13.8 Å². The standard InChI is InChI=1S/C23H20N4O3S/c1-4-12-29-18-11-10-17(13-14(18)2)19-22(27-30-26-19)25-23(28)20-21(31-15(3)24-20)16-8-6-5-7-9-16/h4-11,13H,1,12H2,2-3H3,(H,25,27,28). The Labute approximate surface area is 183 Å². The molecule has 0 saturated carbocycles. The number of benzene rings is 2. The zero-order valence-electron chi connectivity index (χ0n) is 17.1. The minimum atomic E-state index is -0.372. The van der Waals surface area contributed by atoms with E-state index in [-0.39, 0.29) is 11.7 Å². The van der Waals surface area contributed by atoms with Crippen molar-refractivity contribution in [3.63, 3.8) is 0 Å². The maximum atomic E-state index is 13.0. The lowest BCUT2D eigenvalue weighted by Crippen LogP contribution is -2.14. The number of nitrogens with zero attached hydrogens (tertiary/aromatic N) is 3. The van der Waals surface area contributed by atoms with E-state index in [1.807, 2.05) is 62.4 Å². The number of nitrogens with one attached hydrogen (secondary N) is 1. The fourth-order valence-corrected chi connectivity index (χ4v) is 4.02. The minimum Gasteiger partial charge on any atom is -0.489 e. The molecule has 31 heavy (non-hydrogen) atoms. The molecule has 4 aromatic rings. The monoisotopic (exact) mass is 432 g/mol. The molecule has 0 radical (unpaired) electrons. The first kappa shape index (κ1) is 20.5. The number of aryl methyl sites for hydroxylation is 2. The summed E-state index contributed by atoms with van der Waals surface area (Å²) in [4.78, 5) is 18.3. The van der Waals surface area contributed by atoms with Crippen molar-refractivity contribution in [2.75, 3.05) is 11.9 Å². The smallest absolute Gasteiger partial charge is 0.277 e. The average molecular weight is 433 g/mol. The lowest BCUT2D eigenvalue weighted by Gasteiger charge is -2.09. The third-order valence-electron chi connectivity index (χ3n) is 4.51. The van der Waals surface area contributed by atoms with E-state index in [1.165, 1.54) is 11.3 Å². The number of amides is 1. The van der Waals surface area contributed by atoms with E-state index in [2.05, 4.69) is 27.2 Å². The first-order chi connectivity index (χ1) is 15.1. The minimum absolute atomic E-state index is 0.230. The van der Waals surface area contributed by atoms with Crippen LogP contribution in [0.5, 0.6) is 5.75 Å². The molecule has 0 bridgehead atoms. The van der Waals surface area contributed by atoms with Crippen molar-refractivity contribution >= 4 is 23.1 Å². The molecule has 0 aliphatic carbocycles. The van der Waals surface area contributed by atoms with Crippen LogP contribution >= 0.6 is 11.3 Å². The van der Waals surface area contributed by atoms with Gasteiger partial charge in [-0.15, -0.1) is 11.3 Å². The molecule has 1 N–H and O–H groups in total. The van der Waals surface area contributed by atoms with E-state index < -0.39 is 0 Å². The summed E-state index contributed by atoms with van der Waals surface area (Å²) in [6.45, 7) is 7.87. The summed E-state index contributed by atoms with van der Waals surface area (Å²) in [6, 6.07) is 15.3. The summed E-state index contributed by atoms with van der Waals surface area (Å²) < 4.78 is 10.5. The van der Waals surface area contributed by atoms with Gasteiger partial charge in [0.1, 0.15) is 18.1 Å². The molecular formula is C23H20N4O3S. The molecule has 1 amide bonds. The summed E-state index contributed by atoms with van der Waals surface area (Å²) in [7, 11) is 0. The third kappa shape index (κ3) is 4.39. The second-order valence-electron chi connectivity index (χ2n) is 6.77. The molecule has 0 fully saturated rings. The van der Waals surface area contributed by atoms with Gasteiger partial charge in [0.2, 0.25) is 5.82 Å². The van der Waals surface area contributed by atoms with Gasteiger partial charge in [-0.1, -0.05) is 43.0 Å². The highest BCUT2D eigenvalue weighted by atomic mass is 32.1. The van der Waals surface area contributed by atoms with Crippen LogP contribution in [0.2, 0.25) is 0 Å². The first-order valence-corrected chi connectivity index (χ1v) is 10.4. The predicted molar refractivity (Wildman–Crippen MR) is 120 cm³/mol. The summed E-state index contributed by atoms with van der Waals surface area (Å²) >= 11 is 1.47. The van der Waals surface area contributed by atoms with Gasteiger partial charge < -0.3 is 10.1 Å². The fourth-order valence-electron chi connectivity index (χ4n) is 3.10. The molecule has 2 heterocycles. The molecule has 0 aliphatic rings.